The van der Waals surface area contributed by atoms with Crippen molar-refractivity contribution in [1.82, 2.24) is 4.98 Å². The van der Waals surface area contributed by atoms with E-state index in [4.69, 9.17) is 16.7 Å². The van der Waals surface area contributed by atoms with E-state index in [0.717, 1.165) is 0 Å². The molecule has 1 aromatic rings. The molecular formula is C11H15ClN2O2. The maximum atomic E-state index is 11.0. The number of carbonyl (C=O) groups is 1. The Hall–Kier alpha value is -1.29. The van der Waals surface area contributed by atoms with E-state index in [-0.39, 0.29) is 0 Å². The number of carboxylic acid groups (broad SMARTS) is 1. The van der Waals surface area contributed by atoms with Crippen LogP contribution >= 0.6 is 11.6 Å². The summed E-state index contributed by atoms with van der Waals surface area (Å²) in [5.74, 6) is -0.573. The number of anilines is 1. The summed E-state index contributed by atoms with van der Waals surface area (Å²) in [6, 6.07) is 1.04. The van der Waals surface area contributed by atoms with Gasteiger partial charge in [-0.2, -0.15) is 0 Å². The van der Waals surface area contributed by atoms with Gasteiger partial charge in [0.2, 0.25) is 0 Å². The minimum absolute atomic E-state index is 0.300. The molecule has 4 nitrogen and oxygen atoms in total. The number of pyridine rings is 1. The van der Waals surface area contributed by atoms with Gasteiger partial charge >= 0.3 is 5.97 Å². The third-order valence-electron chi connectivity index (χ3n) is 2.11. The third kappa shape index (κ3) is 3.70. The summed E-state index contributed by atoms with van der Waals surface area (Å²) < 4.78 is 0. The first-order valence-corrected chi connectivity index (χ1v) is 5.47. The van der Waals surface area contributed by atoms with E-state index in [1.807, 2.05) is 13.8 Å². The SMILES string of the molecule is CC(C)C[C@@H](Nc1ccncc1Cl)C(=O)O. The summed E-state index contributed by atoms with van der Waals surface area (Å²) in [5.41, 5.74) is 0.602. The molecule has 0 aromatic carbocycles. The zero-order valence-corrected chi connectivity index (χ0v) is 10.0. The maximum absolute atomic E-state index is 11.0. The number of nitrogens with one attached hydrogen (secondary N) is 1. The lowest BCUT2D eigenvalue weighted by Gasteiger charge is -2.18. The second-order valence-corrected chi connectivity index (χ2v) is 4.43. The lowest BCUT2D eigenvalue weighted by molar-refractivity contribution is -0.138. The van der Waals surface area contributed by atoms with Gasteiger partial charge in [-0.1, -0.05) is 25.4 Å². The topological polar surface area (TPSA) is 62.2 Å². The lowest BCUT2D eigenvalue weighted by atomic mass is 10.0. The Labute approximate surface area is 99.6 Å². The number of carboxylic acids is 1. The zero-order valence-electron chi connectivity index (χ0n) is 9.27. The highest BCUT2D eigenvalue weighted by molar-refractivity contribution is 6.33. The van der Waals surface area contributed by atoms with Crippen LogP contribution in [0.2, 0.25) is 5.02 Å². The average molecular weight is 243 g/mol. The molecular weight excluding hydrogens is 228 g/mol. The predicted octanol–water partition coefficient (Wildman–Crippen LogP) is 2.65. The molecule has 0 bridgehead atoms. The number of hydrogen-bond acceptors (Lipinski definition) is 3. The van der Waals surface area contributed by atoms with Crippen molar-refractivity contribution in [1.29, 1.82) is 0 Å². The van der Waals surface area contributed by atoms with Crippen molar-refractivity contribution in [2.75, 3.05) is 5.32 Å². The van der Waals surface area contributed by atoms with Gasteiger partial charge in [-0.15, -0.1) is 0 Å². The van der Waals surface area contributed by atoms with E-state index in [9.17, 15) is 4.79 Å². The van der Waals surface area contributed by atoms with E-state index >= 15 is 0 Å². The van der Waals surface area contributed by atoms with Gasteiger partial charge in [-0.05, 0) is 18.4 Å². The highest BCUT2D eigenvalue weighted by Gasteiger charge is 2.19. The molecule has 1 aromatic heterocycles. The Morgan fingerprint density at radius 2 is 2.31 bits per heavy atom. The molecule has 0 spiro atoms. The Kier molecular flexibility index (Phi) is 4.55. The Balaban J connectivity index is 2.76. The van der Waals surface area contributed by atoms with Gasteiger partial charge < -0.3 is 10.4 Å². The molecule has 0 saturated carbocycles. The number of aromatic nitrogens is 1. The molecule has 2 N–H and O–H groups in total. The molecule has 0 aliphatic carbocycles. The van der Waals surface area contributed by atoms with Crippen LogP contribution in [0.15, 0.2) is 18.5 Å². The minimum atomic E-state index is -0.874. The fourth-order valence-corrected chi connectivity index (χ4v) is 1.55. The smallest absolute Gasteiger partial charge is 0.326 e. The van der Waals surface area contributed by atoms with E-state index in [0.29, 0.717) is 23.0 Å². The first kappa shape index (κ1) is 12.8. The molecule has 1 rings (SSSR count). The van der Waals surface area contributed by atoms with Crippen molar-refractivity contribution in [2.45, 2.75) is 26.3 Å². The van der Waals surface area contributed by atoms with Crippen LogP contribution in [0.4, 0.5) is 5.69 Å². The molecule has 0 aliphatic heterocycles. The van der Waals surface area contributed by atoms with E-state index in [2.05, 4.69) is 10.3 Å². The average Bonchev–Trinajstić information content (AvgIpc) is 2.19. The largest absolute Gasteiger partial charge is 0.480 e. The van der Waals surface area contributed by atoms with Crippen molar-refractivity contribution in [3.8, 4) is 0 Å². The molecule has 0 saturated heterocycles. The number of rotatable bonds is 5. The molecule has 16 heavy (non-hydrogen) atoms. The summed E-state index contributed by atoms with van der Waals surface area (Å²) in [5, 5.41) is 12.4. The van der Waals surface area contributed by atoms with Crippen LogP contribution in [0.25, 0.3) is 0 Å². The zero-order chi connectivity index (χ0) is 12.1. The summed E-state index contributed by atoms with van der Waals surface area (Å²) in [6.07, 6.45) is 3.61. The monoisotopic (exact) mass is 242 g/mol. The third-order valence-corrected chi connectivity index (χ3v) is 2.41. The highest BCUT2D eigenvalue weighted by atomic mass is 35.5. The molecule has 1 atom stereocenters. The van der Waals surface area contributed by atoms with Crippen molar-refractivity contribution in [3.05, 3.63) is 23.5 Å². The van der Waals surface area contributed by atoms with Gasteiger partial charge in [0.25, 0.3) is 0 Å². The Morgan fingerprint density at radius 1 is 1.62 bits per heavy atom. The van der Waals surface area contributed by atoms with Gasteiger partial charge in [-0.25, -0.2) is 4.79 Å². The van der Waals surface area contributed by atoms with Crippen molar-refractivity contribution < 1.29 is 9.90 Å². The summed E-state index contributed by atoms with van der Waals surface area (Å²) in [7, 11) is 0. The molecule has 0 radical (unpaired) electrons. The predicted molar refractivity (Wildman–Crippen MR) is 63.7 cm³/mol. The standard InChI is InChI=1S/C11H15ClN2O2/c1-7(2)5-10(11(15)16)14-9-3-4-13-6-8(9)12/h3-4,6-7,10H,5H2,1-2H3,(H,13,14)(H,15,16)/t10-/m1/s1. The van der Waals surface area contributed by atoms with Crippen LogP contribution in [0.3, 0.4) is 0 Å². The summed E-state index contributed by atoms with van der Waals surface area (Å²) in [4.78, 5) is 14.9. The molecule has 0 aliphatic rings. The number of aliphatic carboxylic acids is 1. The lowest BCUT2D eigenvalue weighted by Crippen LogP contribution is -2.30. The van der Waals surface area contributed by atoms with Crippen LogP contribution in [0, 0.1) is 5.92 Å². The van der Waals surface area contributed by atoms with E-state index < -0.39 is 12.0 Å². The summed E-state index contributed by atoms with van der Waals surface area (Å²) in [6.45, 7) is 3.96. The van der Waals surface area contributed by atoms with E-state index in [1.165, 1.54) is 6.20 Å². The molecule has 88 valence electrons. The van der Waals surface area contributed by atoms with Gasteiger partial charge in [0.15, 0.2) is 0 Å². The van der Waals surface area contributed by atoms with Crippen molar-refractivity contribution in [2.24, 2.45) is 5.92 Å². The van der Waals surface area contributed by atoms with Crippen LogP contribution in [-0.2, 0) is 4.79 Å². The van der Waals surface area contributed by atoms with Crippen LogP contribution in [0.5, 0.6) is 0 Å². The van der Waals surface area contributed by atoms with Gasteiger partial charge in [0, 0.05) is 12.4 Å². The fourth-order valence-electron chi connectivity index (χ4n) is 1.37. The summed E-state index contributed by atoms with van der Waals surface area (Å²) >= 11 is 5.89. The minimum Gasteiger partial charge on any atom is -0.480 e. The molecule has 1 heterocycles. The van der Waals surface area contributed by atoms with Crippen LogP contribution in [-0.4, -0.2) is 22.1 Å². The Morgan fingerprint density at radius 3 is 2.81 bits per heavy atom. The van der Waals surface area contributed by atoms with Crippen molar-refractivity contribution >= 4 is 23.3 Å². The normalized spacial score (nSPS) is 12.5. The first-order chi connectivity index (χ1) is 7.50. The number of halogens is 1. The van der Waals surface area contributed by atoms with Gasteiger partial charge in [0.05, 0.1) is 10.7 Å². The molecule has 0 unspecified atom stereocenters. The maximum Gasteiger partial charge on any atom is 0.326 e. The molecule has 0 amide bonds. The number of hydrogen-bond donors (Lipinski definition) is 2. The van der Waals surface area contributed by atoms with Crippen LogP contribution in [0.1, 0.15) is 20.3 Å². The quantitative estimate of drug-likeness (QED) is 0.833. The molecule has 5 heteroatoms. The van der Waals surface area contributed by atoms with Gasteiger partial charge in [0.1, 0.15) is 6.04 Å². The second kappa shape index (κ2) is 5.70. The molecule has 0 fully saturated rings. The number of nitrogens with zero attached hydrogens (tertiary/aromatic N) is 1. The fraction of sp³-hybridized carbons (Fsp3) is 0.455. The van der Waals surface area contributed by atoms with E-state index in [1.54, 1.807) is 12.3 Å². The van der Waals surface area contributed by atoms with Gasteiger partial charge in [-0.3, -0.25) is 4.98 Å². The highest BCUT2D eigenvalue weighted by Crippen LogP contribution is 2.21. The Bertz CT molecular complexity index is 369. The van der Waals surface area contributed by atoms with Crippen LogP contribution < -0.4 is 5.32 Å². The second-order valence-electron chi connectivity index (χ2n) is 4.02. The van der Waals surface area contributed by atoms with Crippen molar-refractivity contribution in [3.63, 3.8) is 0 Å². The first-order valence-electron chi connectivity index (χ1n) is 5.09.